The van der Waals surface area contributed by atoms with E-state index in [1.54, 1.807) is 0 Å². The molecule has 446 valence electrons. The second kappa shape index (κ2) is 65.2. The third kappa shape index (κ3) is 63.4. The quantitative estimate of drug-likeness (QED) is 0.0271. The molecule has 0 spiro atoms. The molecular weight excluding hydrogens is 1050 g/mol. The summed E-state index contributed by atoms with van der Waals surface area (Å²) in [6.07, 6.45) is 46.3. The normalized spacial score (nSPS) is 11.6. The van der Waals surface area contributed by atoms with Crippen LogP contribution >= 0.6 is 64.8 Å². The predicted molar refractivity (Wildman–Crippen MR) is 342 cm³/mol. The smallest absolute Gasteiger partial charge is 0.307 e. The lowest BCUT2D eigenvalue weighted by Crippen LogP contribution is -2.31. The Morgan fingerprint density at radius 2 is 0.613 bits per heavy atom. The fraction of sp³-hybridized carbons (Fsp3) is 0.950. The number of carbonyl (C=O) groups excluding carboxylic acids is 3. The van der Waals surface area contributed by atoms with Crippen molar-refractivity contribution >= 4 is 82.7 Å². The predicted octanol–water partition coefficient (Wildman–Crippen LogP) is 18.1. The number of unbranched alkanes of at least 4 members (excludes halogenated alkanes) is 29. The van der Waals surface area contributed by atoms with E-state index in [0.29, 0.717) is 58.7 Å². The molecule has 9 nitrogen and oxygen atoms in total. The summed E-state index contributed by atoms with van der Waals surface area (Å²) in [6, 6.07) is 0. The van der Waals surface area contributed by atoms with E-state index in [2.05, 4.69) is 42.9 Å². The first kappa shape index (κ1) is 75.4. The maximum atomic E-state index is 12.8. The third-order valence-corrected chi connectivity index (χ3v) is 20.8. The van der Waals surface area contributed by atoms with Crippen LogP contribution in [0.15, 0.2) is 0 Å². The molecule has 0 fully saturated rings. The Balaban J connectivity index is 4.30. The van der Waals surface area contributed by atoms with Gasteiger partial charge in [-0.15, -0.1) is 0 Å². The van der Waals surface area contributed by atoms with Gasteiger partial charge in [-0.1, -0.05) is 259 Å². The number of hydrogen-bond acceptors (Lipinski definition) is 15. The van der Waals surface area contributed by atoms with E-state index >= 15 is 0 Å². The first-order chi connectivity index (χ1) is 36.9. The SMILES string of the molecule is CCCCCCCCCCCCCCSSCCOC(=O)CCN(CCCCN(C)CCCCNCCC(=O)OCCSSCCCCCCCC)CCC(=O)OCCSSCCCCCCCCCCCCCC. The summed E-state index contributed by atoms with van der Waals surface area (Å²) in [4.78, 5) is 42.3. The van der Waals surface area contributed by atoms with Gasteiger partial charge in [0.05, 0.1) is 19.3 Å². The van der Waals surface area contributed by atoms with Crippen LogP contribution in [0.5, 0.6) is 0 Å². The van der Waals surface area contributed by atoms with Crippen LogP contribution in [0.4, 0.5) is 0 Å². The molecule has 0 aromatic rings. The van der Waals surface area contributed by atoms with E-state index in [0.717, 1.165) is 80.6 Å². The van der Waals surface area contributed by atoms with Crippen molar-refractivity contribution in [2.75, 3.05) is 107 Å². The molecule has 0 bridgehead atoms. The van der Waals surface area contributed by atoms with Crippen LogP contribution in [-0.4, -0.2) is 135 Å². The first-order valence-corrected chi connectivity index (χ1v) is 38.7. The van der Waals surface area contributed by atoms with E-state index in [1.807, 2.05) is 64.8 Å². The fourth-order valence-electron chi connectivity index (χ4n) is 8.69. The van der Waals surface area contributed by atoms with E-state index < -0.39 is 0 Å². The minimum absolute atomic E-state index is 0.111. The number of nitrogens with zero attached hydrogens (tertiary/aromatic N) is 2. The van der Waals surface area contributed by atoms with Crippen LogP contribution in [0.1, 0.15) is 258 Å². The van der Waals surface area contributed by atoms with Gasteiger partial charge >= 0.3 is 17.9 Å². The molecule has 0 heterocycles. The van der Waals surface area contributed by atoms with Crippen molar-refractivity contribution in [2.45, 2.75) is 258 Å². The van der Waals surface area contributed by atoms with Crippen LogP contribution < -0.4 is 5.32 Å². The molecule has 0 aliphatic heterocycles. The van der Waals surface area contributed by atoms with Gasteiger partial charge in [0.25, 0.3) is 0 Å². The summed E-state index contributed by atoms with van der Waals surface area (Å²) in [5.41, 5.74) is 0. The molecule has 0 aromatic heterocycles. The van der Waals surface area contributed by atoms with Gasteiger partial charge in [0.1, 0.15) is 19.8 Å². The highest BCUT2D eigenvalue weighted by Gasteiger charge is 2.13. The molecule has 0 unspecified atom stereocenters. The Hall–Kier alpha value is 0.390. The number of hydrogen-bond donors (Lipinski definition) is 1. The van der Waals surface area contributed by atoms with Crippen molar-refractivity contribution in [3.8, 4) is 0 Å². The molecule has 0 aliphatic rings. The zero-order valence-electron chi connectivity index (χ0n) is 49.3. The minimum Gasteiger partial charge on any atom is -0.465 e. The molecule has 0 rings (SSSR count). The van der Waals surface area contributed by atoms with Crippen molar-refractivity contribution in [2.24, 2.45) is 0 Å². The van der Waals surface area contributed by atoms with Gasteiger partial charge in [0, 0.05) is 54.2 Å². The van der Waals surface area contributed by atoms with Gasteiger partial charge in [-0.05, 0) is 78.2 Å². The largest absolute Gasteiger partial charge is 0.465 e. The van der Waals surface area contributed by atoms with Crippen molar-refractivity contribution < 1.29 is 28.6 Å². The molecule has 75 heavy (non-hydrogen) atoms. The molecule has 15 heteroatoms. The molecular formula is C60H119N3O6S6. The highest BCUT2D eigenvalue weighted by atomic mass is 33.1. The molecule has 0 radical (unpaired) electrons. The molecule has 0 amide bonds. The topological polar surface area (TPSA) is 97.4 Å². The number of rotatable bonds is 64. The minimum atomic E-state index is -0.153. The molecule has 0 saturated carbocycles. The van der Waals surface area contributed by atoms with Gasteiger partial charge < -0.3 is 29.3 Å². The van der Waals surface area contributed by atoms with E-state index in [4.69, 9.17) is 14.2 Å². The van der Waals surface area contributed by atoms with Gasteiger partial charge in [0.2, 0.25) is 0 Å². The summed E-state index contributed by atoms with van der Waals surface area (Å²) >= 11 is 0. The van der Waals surface area contributed by atoms with Crippen LogP contribution in [0.3, 0.4) is 0 Å². The summed E-state index contributed by atoms with van der Waals surface area (Å²) in [5, 5.41) is 3.41. The van der Waals surface area contributed by atoms with Crippen LogP contribution in [-0.2, 0) is 28.6 Å². The highest BCUT2D eigenvalue weighted by molar-refractivity contribution is 8.77. The second-order valence-electron chi connectivity index (χ2n) is 20.7. The zero-order chi connectivity index (χ0) is 54.4. The van der Waals surface area contributed by atoms with Crippen LogP contribution in [0, 0.1) is 0 Å². The Morgan fingerprint density at radius 3 is 0.973 bits per heavy atom. The van der Waals surface area contributed by atoms with E-state index in [9.17, 15) is 14.4 Å². The molecule has 0 aliphatic carbocycles. The Bertz CT molecular complexity index is 1130. The maximum Gasteiger partial charge on any atom is 0.307 e. The Kier molecular flexibility index (Phi) is 65.5. The lowest BCUT2D eigenvalue weighted by molar-refractivity contribution is -0.144. The Morgan fingerprint density at radius 1 is 0.320 bits per heavy atom. The number of esters is 3. The second-order valence-corrected chi connectivity index (χ2v) is 28.8. The lowest BCUT2D eigenvalue weighted by atomic mass is 10.1. The average Bonchev–Trinajstić information content (AvgIpc) is 3.41. The lowest BCUT2D eigenvalue weighted by Gasteiger charge is -2.22. The molecule has 0 saturated heterocycles. The number of nitrogens with one attached hydrogen (secondary N) is 1. The number of ether oxygens (including phenoxy) is 3. The average molecular weight is 1170 g/mol. The van der Waals surface area contributed by atoms with Crippen molar-refractivity contribution in [3.05, 3.63) is 0 Å². The van der Waals surface area contributed by atoms with Crippen molar-refractivity contribution in [3.63, 3.8) is 0 Å². The van der Waals surface area contributed by atoms with Gasteiger partial charge in [-0.2, -0.15) is 0 Å². The first-order valence-electron chi connectivity index (χ1n) is 31.2. The molecule has 0 atom stereocenters. The molecule has 0 aromatic carbocycles. The highest BCUT2D eigenvalue weighted by Crippen LogP contribution is 2.25. The van der Waals surface area contributed by atoms with Gasteiger partial charge in [-0.3, -0.25) is 14.4 Å². The maximum absolute atomic E-state index is 12.8. The van der Waals surface area contributed by atoms with E-state index in [1.165, 1.54) is 198 Å². The number of carbonyl (C=O) groups is 3. The fourth-order valence-corrected chi connectivity index (χ4v) is 14.6. The summed E-state index contributed by atoms with van der Waals surface area (Å²) in [7, 11) is 13.3. The summed E-state index contributed by atoms with van der Waals surface area (Å²) in [5.74, 6) is 5.59. The van der Waals surface area contributed by atoms with Gasteiger partial charge in [0.15, 0.2) is 0 Å². The summed E-state index contributed by atoms with van der Waals surface area (Å²) < 4.78 is 16.7. The zero-order valence-corrected chi connectivity index (χ0v) is 54.2. The standard InChI is InChI=1S/C60H119N3O6S6/c1-5-8-11-14-17-19-21-23-25-27-30-37-53-71-74-56-50-68-59(65)40-47-63(48-41-60(66)69-51-57-75-72-54-38-31-28-26-24-22-20-18-15-12-9-6-2)46-35-34-45-62(4)44-33-32-42-61-43-39-58(64)67-49-55-73-70-52-36-29-16-13-10-7-3/h61H,5-57H2,1-4H3. The Labute approximate surface area is 488 Å². The third-order valence-electron chi connectivity index (χ3n) is 13.5. The van der Waals surface area contributed by atoms with Crippen LogP contribution in [0.25, 0.3) is 0 Å². The summed E-state index contributed by atoms with van der Waals surface area (Å²) in [6.45, 7) is 13.9. The van der Waals surface area contributed by atoms with E-state index in [-0.39, 0.29) is 17.9 Å². The molecule has 1 N–H and O–H groups in total. The monoisotopic (exact) mass is 1170 g/mol. The van der Waals surface area contributed by atoms with Crippen LogP contribution in [0.2, 0.25) is 0 Å². The van der Waals surface area contributed by atoms with Gasteiger partial charge in [-0.25, -0.2) is 0 Å². The van der Waals surface area contributed by atoms with Crippen molar-refractivity contribution in [1.29, 1.82) is 0 Å². The van der Waals surface area contributed by atoms with Crippen molar-refractivity contribution in [1.82, 2.24) is 15.1 Å².